The van der Waals surface area contributed by atoms with Crippen LogP contribution in [0.1, 0.15) is 5.56 Å². The van der Waals surface area contributed by atoms with Crippen molar-refractivity contribution in [3.63, 3.8) is 0 Å². The fourth-order valence-corrected chi connectivity index (χ4v) is 2.69. The van der Waals surface area contributed by atoms with Gasteiger partial charge >= 0.3 is 0 Å². The van der Waals surface area contributed by atoms with E-state index in [1.807, 2.05) is 24.3 Å². The maximum absolute atomic E-state index is 9.29. The van der Waals surface area contributed by atoms with Gasteiger partial charge in [-0.3, -0.25) is 0 Å². The van der Waals surface area contributed by atoms with Crippen molar-refractivity contribution in [2.75, 3.05) is 13.2 Å². The first-order valence-corrected chi connectivity index (χ1v) is 9.46. The highest BCUT2D eigenvalue weighted by atomic mass is 28.3. The highest BCUT2D eigenvalue weighted by Gasteiger charge is 2.17. The van der Waals surface area contributed by atoms with Crippen molar-refractivity contribution in [2.45, 2.75) is 26.2 Å². The minimum absolute atomic E-state index is 0.157. The first kappa shape index (κ1) is 14.2. The summed E-state index contributed by atoms with van der Waals surface area (Å²) in [6, 6.07) is 10.1. The number of aliphatic hydroxyl groups is 1. The largest absolute Gasteiger partial charge is 0.392 e. The molecule has 17 heavy (non-hydrogen) atoms. The molecule has 0 aromatic heterocycles. The van der Waals surface area contributed by atoms with Crippen LogP contribution in [0, 0.1) is 0 Å². The standard InChI is InChI=1S/C14H22O2Si/c1-17(2,3)14(11-15)9-10-16-12-13-7-5-4-6-8-13/h4-9,15H,10-12H2,1-3H3/b14-9-. The van der Waals surface area contributed by atoms with Gasteiger partial charge in [-0.15, -0.1) is 0 Å². The second-order valence-electron chi connectivity index (χ2n) is 5.14. The predicted octanol–water partition coefficient (Wildman–Crippen LogP) is 3.00. The molecule has 0 heterocycles. The molecule has 1 N–H and O–H groups in total. The number of hydrogen-bond acceptors (Lipinski definition) is 2. The molecular formula is C14H22O2Si. The van der Waals surface area contributed by atoms with E-state index in [0.29, 0.717) is 13.2 Å². The quantitative estimate of drug-likeness (QED) is 0.621. The number of hydrogen-bond donors (Lipinski definition) is 1. The van der Waals surface area contributed by atoms with E-state index >= 15 is 0 Å². The van der Waals surface area contributed by atoms with Gasteiger partial charge in [0.2, 0.25) is 0 Å². The fourth-order valence-electron chi connectivity index (χ4n) is 1.52. The van der Waals surface area contributed by atoms with Crippen LogP contribution in [0.3, 0.4) is 0 Å². The van der Waals surface area contributed by atoms with Crippen molar-refractivity contribution in [2.24, 2.45) is 0 Å². The van der Waals surface area contributed by atoms with Crippen molar-refractivity contribution in [3.05, 3.63) is 47.2 Å². The Hall–Kier alpha value is -0.903. The first-order valence-electron chi connectivity index (χ1n) is 5.96. The average Bonchev–Trinajstić information content (AvgIpc) is 2.28. The van der Waals surface area contributed by atoms with Crippen LogP contribution in [0.25, 0.3) is 0 Å². The van der Waals surface area contributed by atoms with E-state index in [2.05, 4.69) is 31.8 Å². The number of ether oxygens (including phenoxy) is 1. The van der Waals surface area contributed by atoms with Crippen LogP contribution in [0.4, 0.5) is 0 Å². The van der Waals surface area contributed by atoms with Gasteiger partial charge in [0, 0.05) is 0 Å². The van der Waals surface area contributed by atoms with Gasteiger partial charge < -0.3 is 9.84 Å². The van der Waals surface area contributed by atoms with Gasteiger partial charge in [0.1, 0.15) is 0 Å². The van der Waals surface area contributed by atoms with E-state index in [9.17, 15) is 5.11 Å². The Morgan fingerprint density at radius 2 is 1.88 bits per heavy atom. The minimum atomic E-state index is -1.38. The van der Waals surface area contributed by atoms with Crippen molar-refractivity contribution in [1.29, 1.82) is 0 Å². The molecule has 0 radical (unpaired) electrons. The smallest absolute Gasteiger partial charge is 0.0751 e. The van der Waals surface area contributed by atoms with Crippen LogP contribution in [0.15, 0.2) is 41.6 Å². The summed E-state index contributed by atoms with van der Waals surface area (Å²) in [6.45, 7) is 8.05. The Kier molecular flexibility index (Phi) is 5.61. The lowest BCUT2D eigenvalue weighted by atomic mass is 10.2. The summed E-state index contributed by atoms with van der Waals surface area (Å²) < 4.78 is 5.58. The van der Waals surface area contributed by atoms with E-state index in [-0.39, 0.29) is 6.61 Å². The molecule has 0 aliphatic carbocycles. The Morgan fingerprint density at radius 1 is 1.24 bits per heavy atom. The van der Waals surface area contributed by atoms with Gasteiger partial charge in [0.05, 0.1) is 27.9 Å². The van der Waals surface area contributed by atoms with E-state index in [0.717, 1.165) is 5.20 Å². The van der Waals surface area contributed by atoms with Crippen LogP contribution >= 0.6 is 0 Å². The summed E-state index contributed by atoms with van der Waals surface area (Å²) in [5.41, 5.74) is 1.18. The molecule has 94 valence electrons. The molecule has 1 aromatic carbocycles. The van der Waals surface area contributed by atoms with Gasteiger partial charge in [-0.25, -0.2) is 0 Å². The summed E-state index contributed by atoms with van der Waals surface area (Å²) in [4.78, 5) is 0. The van der Waals surface area contributed by atoms with E-state index in [4.69, 9.17) is 4.74 Å². The topological polar surface area (TPSA) is 29.5 Å². The summed E-state index contributed by atoms with van der Waals surface area (Å²) in [7, 11) is -1.38. The van der Waals surface area contributed by atoms with Crippen LogP contribution in [0.5, 0.6) is 0 Å². The molecule has 0 saturated heterocycles. The molecule has 0 aliphatic rings. The zero-order valence-corrected chi connectivity index (χ0v) is 11.9. The van der Waals surface area contributed by atoms with Gasteiger partial charge in [0.15, 0.2) is 0 Å². The summed E-state index contributed by atoms with van der Waals surface area (Å²) >= 11 is 0. The van der Waals surface area contributed by atoms with Crippen molar-refractivity contribution in [3.8, 4) is 0 Å². The third-order valence-corrected chi connectivity index (χ3v) is 4.98. The Balaban J connectivity index is 2.39. The minimum Gasteiger partial charge on any atom is -0.392 e. The Morgan fingerprint density at radius 3 is 2.41 bits per heavy atom. The molecular weight excluding hydrogens is 228 g/mol. The molecule has 1 aromatic rings. The fraction of sp³-hybridized carbons (Fsp3) is 0.429. The van der Waals surface area contributed by atoms with Crippen LogP contribution in [0.2, 0.25) is 19.6 Å². The number of rotatable bonds is 6. The second kappa shape index (κ2) is 6.74. The molecule has 0 fully saturated rings. The van der Waals surface area contributed by atoms with Gasteiger partial charge in [-0.05, 0) is 5.56 Å². The van der Waals surface area contributed by atoms with Gasteiger partial charge in [-0.2, -0.15) is 0 Å². The lowest BCUT2D eigenvalue weighted by Crippen LogP contribution is -2.26. The molecule has 0 aliphatic heterocycles. The second-order valence-corrected chi connectivity index (χ2v) is 10.3. The third kappa shape index (κ3) is 5.30. The number of aliphatic hydroxyl groups excluding tert-OH is 1. The summed E-state index contributed by atoms with van der Waals surface area (Å²) in [6.07, 6.45) is 2.04. The molecule has 0 saturated carbocycles. The van der Waals surface area contributed by atoms with E-state index in [1.165, 1.54) is 5.56 Å². The maximum Gasteiger partial charge on any atom is 0.0751 e. The lowest BCUT2D eigenvalue weighted by molar-refractivity contribution is 0.148. The molecule has 2 nitrogen and oxygen atoms in total. The van der Waals surface area contributed by atoms with Gasteiger partial charge in [0.25, 0.3) is 0 Å². The highest BCUT2D eigenvalue weighted by molar-refractivity contribution is 6.83. The molecule has 0 spiro atoms. The summed E-state index contributed by atoms with van der Waals surface area (Å²) in [5.74, 6) is 0. The van der Waals surface area contributed by atoms with Crippen LogP contribution in [-0.4, -0.2) is 26.4 Å². The highest BCUT2D eigenvalue weighted by Crippen LogP contribution is 2.13. The molecule has 0 amide bonds. The monoisotopic (exact) mass is 250 g/mol. The molecule has 1 rings (SSSR count). The average molecular weight is 250 g/mol. The van der Waals surface area contributed by atoms with E-state index < -0.39 is 8.07 Å². The third-order valence-electron chi connectivity index (χ3n) is 2.69. The first-order chi connectivity index (χ1) is 8.04. The maximum atomic E-state index is 9.29. The zero-order valence-electron chi connectivity index (χ0n) is 10.9. The Bertz CT molecular complexity index is 352. The van der Waals surface area contributed by atoms with Crippen LogP contribution < -0.4 is 0 Å². The SMILES string of the molecule is C[Si](C)(C)/C(=C\COCc1ccccc1)CO. The molecule has 0 unspecified atom stereocenters. The van der Waals surface area contributed by atoms with E-state index in [1.54, 1.807) is 0 Å². The Labute approximate surface area is 105 Å². The number of benzene rings is 1. The summed E-state index contributed by atoms with van der Waals surface area (Å²) in [5, 5.41) is 10.4. The van der Waals surface area contributed by atoms with Crippen molar-refractivity contribution in [1.82, 2.24) is 0 Å². The molecule has 0 bridgehead atoms. The van der Waals surface area contributed by atoms with Crippen LogP contribution in [-0.2, 0) is 11.3 Å². The lowest BCUT2D eigenvalue weighted by Gasteiger charge is -2.19. The van der Waals surface area contributed by atoms with Crippen molar-refractivity contribution < 1.29 is 9.84 Å². The normalized spacial score (nSPS) is 12.8. The van der Waals surface area contributed by atoms with Crippen molar-refractivity contribution >= 4 is 8.07 Å². The zero-order chi connectivity index (χ0) is 12.7. The molecule has 3 heteroatoms. The predicted molar refractivity (Wildman–Crippen MR) is 74.6 cm³/mol. The molecule has 0 atom stereocenters. The van der Waals surface area contributed by atoms with Gasteiger partial charge in [-0.1, -0.05) is 61.2 Å².